The second kappa shape index (κ2) is 6.10. The molecule has 1 aromatic carbocycles. The molecular formula is C16H23N3OS. The van der Waals surface area contributed by atoms with Gasteiger partial charge in [-0.05, 0) is 43.6 Å². The summed E-state index contributed by atoms with van der Waals surface area (Å²) in [5.41, 5.74) is 0.747. The SMILES string of the molecule is CC(C)C1=NC(=O)N(c2ccccc2)CS1=NC(C)(C)C. The molecule has 1 aromatic rings. The second-order valence-corrected chi connectivity index (χ2v) is 8.00. The van der Waals surface area contributed by atoms with Gasteiger partial charge >= 0.3 is 6.03 Å². The first-order chi connectivity index (χ1) is 9.78. The highest BCUT2D eigenvalue weighted by Gasteiger charge is 2.28. The van der Waals surface area contributed by atoms with Crippen LogP contribution in [-0.4, -0.2) is 22.5 Å². The molecule has 0 spiro atoms. The van der Waals surface area contributed by atoms with Gasteiger partial charge in [0.05, 0.1) is 16.5 Å². The minimum Gasteiger partial charge on any atom is -0.281 e. The van der Waals surface area contributed by atoms with Crippen molar-refractivity contribution in [2.75, 3.05) is 10.8 Å². The number of rotatable bonds is 2. The Morgan fingerprint density at radius 1 is 1.24 bits per heavy atom. The average Bonchev–Trinajstić information content (AvgIpc) is 2.39. The molecule has 0 aromatic heterocycles. The van der Waals surface area contributed by atoms with Crippen LogP contribution in [0.4, 0.5) is 10.5 Å². The molecule has 0 saturated heterocycles. The Morgan fingerprint density at radius 3 is 2.38 bits per heavy atom. The molecule has 21 heavy (non-hydrogen) atoms. The first kappa shape index (κ1) is 15.9. The first-order valence-electron chi connectivity index (χ1n) is 7.17. The van der Waals surface area contributed by atoms with Crippen LogP contribution < -0.4 is 4.90 Å². The van der Waals surface area contributed by atoms with Gasteiger partial charge in [-0.2, -0.15) is 4.99 Å². The van der Waals surface area contributed by atoms with E-state index in [1.165, 1.54) is 0 Å². The van der Waals surface area contributed by atoms with E-state index in [1.807, 2.05) is 30.3 Å². The van der Waals surface area contributed by atoms with Crippen molar-refractivity contribution in [2.45, 2.75) is 40.2 Å². The molecule has 0 radical (unpaired) electrons. The van der Waals surface area contributed by atoms with Gasteiger partial charge in [0.15, 0.2) is 0 Å². The van der Waals surface area contributed by atoms with E-state index < -0.39 is 0 Å². The van der Waals surface area contributed by atoms with Crippen LogP contribution in [0.1, 0.15) is 34.6 Å². The van der Waals surface area contributed by atoms with Gasteiger partial charge in [-0.1, -0.05) is 32.0 Å². The number of hydrogen-bond donors (Lipinski definition) is 0. The minimum absolute atomic E-state index is 0.137. The summed E-state index contributed by atoms with van der Waals surface area (Å²) in [5, 5.41) is 0.919. The number of nitrogens with zero attached hydrogens (tertiary/aromatic N) is 3. The van der Waals surface area contributed by atoms with Crippen molar-refractivity contribution in [1.82, 2.24) is 0 Å². The van der Waals surface area contributed by atoms with Crippen molar-refractivity contribution >= 4 is 27.5 Å². The maximum absolute atomic E-state index is 12.3. The molecule has 1 atom stereocenters. The van der Waals surface area contributed by atoms with Crippen molar-refractivity contribution < 1.29 is 4.79 Å². The molecule has 114 valence electrons. The van der Waals surface area contributed by atoms with Gasteiger partial charge in [-0.15, -0.1) is 0 Å². The number of para-hydroxylation sites is 1. The zero-order chi connectivity index (χ0) is 15.6. The van der Waals surface area contributed by atoms with Gasteiger partial charge in [0.25, 0.3) is 0 Å². The summed E-state index contributed by atoms with van der Waals surface area (Å²) in [5.74, 6) is 0.832. The Hall–Kier alpha value is -1.49. The summed E-state index contributed by atoms with van der Waals surface area (Å²) in [4.78, 5) is 18.4. The summed E-state index contributed by atoms with van der Waals surface area (Å²) < 4.78 is 4.88. The Kier molecular flexibility index (Phi) is 4.61. The fraction of sp³-hybridized carbons (Fsp3) is 0.500. The van der Waals surface area contributed by atoms with Crippen molar-refractivity contribution in [3.05, 3.63) is 30.3 Å². The zero-order valence-electron chi connectivity index (χ0n) is 13.3. The molecule has 1 aliphatic heterocycles. The molecule has 1 aliphatic rings. The summed E-state index contributed by atoms with van der Waals surface area (Å²) in [7, 11) is -0.353. The summed E-state index contributed by atoms with van der Waals surface area (Å²) >= 11 is 0. The monoisotopic (exact) mass is 305 g/mol. The summed E-state index contributed by atoms with van der Waals surface area (Å²) in [6.07, 6.45) is 0. The minimum atomic E-state index is -0.353. The van der Waals surface area contributed by atoms with Crippen molar-refractivity contribution in [3.63, 3.8) is 0 Å². The average molecular weight is 305 g/mol. The van der Waals surface area contributed by atoms with Gasteiger partial charge in [0.2, 0.25) is 0 Å². The largest absolute Gasteiger partial charge is 0.349 e. The molecule has 1 heterocycles. The number of benzene rings is 1. The molecule has 2 amide bonds. The van der Waals surface area contributed by atoms with E-state index in [0.717, 1.165) is 10.7 Å². The van der Waals surface area contributed by atoms with Crippen molar-refractivity contribution in [2.24, 2.45) is 15.3 Å². The Labute approximate surface area is 129 Å². The zero-order valence-corrected chi connectivity index (χ0v) is 14.1. The van der Waals surface area contributed by atoms with E-state index in [9.17, 15) is 4.79 Å². The van der Waals surface area contributed by atoms with Crippen LogP contribution in [0.25, 0.3) is 0 Å². The third kappa shape index (κ3) is 4.00. The van der Waals surface area contributed by atoms with E-state index in [-0.39, 0.29) is 28.2 Å². The maximum atomic E-state index is 12.3. The highest BCUT2D eigenvalue weighted by Crippen LogP contribution is 2.23. The molecule has 0 bridgehead atoms. The van der Waals surface area contributed by atoms with Gasteiger partial charge in [0.1, 0.15) is 0 Å². The lowest BCUT2D eigenvalue weighted by Gasteiger charge is -2.30. The molecular weight excluding hydrogens is 282 g/mol. The molecule has 2 rings (SSSR count). The van der Waals surface area contributed by atoms with Crippen molar-refractivity contribution in [1.29, 1.82) is 0 Å². The van der Waals surface area contributed by atoms with Gasteiger partial charge in [-0.3, -0.25) is 9.26 Å². The van der Waals surface area contributed by atoms with Gasteiger partial charge in [0, 0.05) is 11.6 Å². The van der Waals surface area contributed by atoms with E-state index in [4.69, 9.17) is 4.36 Å². The Bertz CT molecular complexity index is 585. The molecule has 1 unspecified atom stereocenters. The number of hydrogen-bond acceptors (Lipinski definition) is 2. The van der Waals surface area contributed by atoms with E-state index in [0.29, 0.717) is 5.88 Å². The van der Waals surface area contributed by atoms with Crippen LogP contribution in [0, 0.1) is 5.92 Å². The predicted octanol–water partition coefficient (Wildman–Crippen LogP) is 4.24. The molecule has 0 fully saturated rings. The number of carbonyl (C=O) groups excluding carboxylic acids is 1. The smallest absolute Gasteiger partial charge is 0.281 e. The van der Waals surface area contributed by atoms with Crippen LogP contribution in [-0.2, 0) is 10.7 Å². The second-order valence-electron chi connectivity index (χ2n) is 6.41. The topological polar surface area (TPSA) is 45.0 Å². The first-order valence-corrected chi connectivity index (χ1v) is 8.52. The summed E-state index contributed by atoms with van der Waals surface area (Å²) in [6, 6.07) is 9.50. The lowest BCUT2D eigenvalue weighted by Crippen LogP contribution is -2.41. The highest BCUT2D eigenvalue weighted by molar-refractivity contribution is 8.02. The summed E-state index contributed by atoms with van der Waals surface area (Å²) in [6.45, 7) is 10.4. The number of amides is 2. The Balaban J connectivity index is 2.43. The normalized spacial score (nSPS) is 20.1. The van der Waals surface area contributed by atoms with Gasteiger partial charge < -0.3 is 0 Å². The van der Waals surface area contributed by atoms with Crippen LogP contribution in [0.5, 0.6) is 0 Å². The predicted molar refractivity (Wildman–Crippen MR) is 91.0 cm³/mol. The van der Waals surface area contributed by atoms with E-state index in [2.05, 4.69) is 39.6 Å². The third-order valence-electron chi connectivity index (χ3n) is 2.88. The fourth-order valence-electron chi connectivity index (χ4n) is 2.05. The lowest BCUT2D eigenvalue weighted by molar-refractivity contribution is 0.255. The number of urea groups is 1. The lowest BCUT2D eigenvalue weighted by atomic mass is 10.1. The molecule has 4 nitrogen and oxygen atoms in total. The standard InChI is InChI=1S/C16H23N3OS/c1-12(2)14-17-15(20)19(13-9-7-6-8-10-13)11-21(14)18-16(3,4)5/h6-10,12H,11H2,1-5H3. The molecule has 0 aliphatic carbocycles. The number of anilines is 1. The quantitative estimate of drug-likeness (QED) is 0.806. The number of aliphatic imine (C=N–C) groups is 1. The van der Waals surface area contributed by atoms with Crippen LogP contribution in [0.2, 0.25) is 0 Å². The van der Waals surface area contributed by atoms with Crippen LogP contribution in [0.3, 0.4) is 0 Å². The Morgan fingerprint density at radius 2 is 1.86 bits per heavy atom. The van der Waals surface area contributed by atoms with Crippen LogP contribution >= 0.6 is 0 Å². The molecule has 0 saturated carbocycles. The third-order valence-corrected chi connectivity index (χ3v) is 5.19. The van der Waals surface area contributed by atoms with Crippen molar-refractivity contribution in [3.8, 4) is 0 Å². The van der Waals surface area contributed by atoms with Gasteiger partial charge in [-0.25, -0.2) is 4.79 Å². The molecule has 5 heteroatoms. The fourth-order valence-corrected chi connectivity index (χ4v) is 4.23. The van der Waals surface area contributed by atoms with E-state index >= 15 is 0 Å². The maximum Gasteiger partial charge on any atom is 0.349 e. The molecule has 0 N–H and O–H groups in total. The van der Waals surface area contributed by atoms with E-state index in [1.54, 1.807) is 4.90 Å². The highest BCUT2D eigenvalue weighted by atomic mass is 32.2. The van der Waals surface area contributed by atoms with Crippen LogP contribution in [0.15, 0.2) is 39.7 Å². The number of carbonyl (C=O) groups is 1.